The molecule has 0 radical (unpaired) electrons. The van der Waals surface area contributed by atoms with Crippen LogP contribution in [0.5, 0.6) is 0 Å². The molecule has 1 saturated heterocycles. The third kappa shape index (κ3) is 4.61. The van der Waals surface area contributed by atoms with Crippen LogP contribution >= 0.6 is 0 Å². The van der Waals surface area contributed by atoms with Gasteiger partial charge in [-0.2, -0.15) is 5.10 Å². The molecule has 5 nitrogen and oxygen atoms in total. The van der Waals surface area contributed by atoms with E-state index in [-0.39, 0.29) is 0 Å². The number of aliphatic hydroxyl groups is 1. The molecule has 1 aromatic carbocycles. The van der Waals surface area contributed by atoms with E-state index < -0.39 is 0 Å². The number of anilines is 1. The standard InChI is InChI=1S/C20H30N4O/c1-3-19-18(13-23(2)22-19)12-21-20-7-5-4-6-17(20)14-24-10-8-16(15-25)9-11-24/h4-7,13,16,21,25H,3,8-12,14-15H2,1-2H3. The normalized spacial score (nSPS) is 16.3. The first kappa shape index (κ1) is 18.0. The highest BCUT2D eigenvalue weighted by molar-refractivity contribution is 5.51. The van der Waals surface area contributed by atoms with Crippen molar-refractivity contribution in [2.75, 3.05) is 25.0 Å². The number of hydrogen-bond donors (Lipinski definition) is 2. The van der Waals surface area contributed by atoms with Crippen LogP contribution < -0.4 is 5.32 Å². The highest BCUT2D eigenvalue weighted by Crippen LogP contribution is 2.23. The van der Waals surface area contributed by atoms with Crippen molar-refractivity contribution in [3.8, 4) is 0 Å². The summed E-state index contributed by atoms with van der Waals surface area (Å²) < 4.78 is 1.90. The van der Waals surface area contributed by atoms with Crippen LogP contribution in [0.15, 0.2) is 30.5 Å². The Labute approximate surface area is 150 Å². The van der Waals surface area contributed by atoms with Crippen LogP contribution in [0.1, 0.15) is 36.6 Å². The molecule has 1 aromatic heterocycles. The molecule has 25 heavy (non-hydrogen) atoms. The van der Waals surface area contributed by atoms with Gasteiger partial charge in [0, 0.05) is 44.2 Å². The zero-order chi connectivity index (χ0) is 17.6. The van der Waals surface area contributed by atoms with E-state index in [2.05, 4.69) is 52.7 Å². The van der Waals surface area contributed by atoms with Crippen LogP contribution in [0.2, 0.25) is 0 Å². The van der Waals surface area contributed by atoms with E-state index in [4.69, 9.17) is 0 Å². The van der Waals surface area contributed by atoms with Gasteiger partial charge in [-0.25, -0.2) is 0 Å². The minimum atomic E-state index is 0.330. The summed E-state index contributed by atoms with van der Waals surface area (Å²) >= 11 is 0. The molecule has 2 heterocycles. The molecule has 0 atom stereocenters. The number of benzene rings is 1. The van der Waals surface area contributed by atoms with Gasteiger partial charge >= 0.3 is 0 Å². The fourth-order valence-corrected chi connectivity index (χ4v) is 3.62. The van der Waals surface area contributed by atoms with Crippen molar-refractivity contribution in [3.05, 3.63) is 47.3 Å². The van der Waals surface area contributed by atoms with Crippen molar-refractivity contribution in [2.45, 2.75) is 39.3 Å². The number of aliphatic hydroxyl groups excluding tert-OH is 1. The molecule has 0 unspecified atom stereocenters. The predicted molar refractivity (Wildman–Crippen MR) is 101 cm³/mol. The molecule has 0 amide bonds. The van der Waals surface area contributed by atoms with E-state index in [9.17, 15) is 5.11 Å². The van der Waals surface area contributed by atoms with Crippen molar-refractivity contribution in [3.63, 3.8) is 0 Å². The van der Waals surface area contributed by atoms with Crippen molar-refractivity contribution in [2.24, 2.45) is 13.0 Å². The first-order chi connectivity index (χ1) is 12.2. The minimum absolute atomic E-state index is 0.330. The van der Waals surface area contributed by atoms with Crippen molar-refractivity contribution < 1.29 is 5.11 Å². The van der Waals surface area contributed by atoms with Gasteiger partial charge in [0.05, 0.1) is 5.69 Å². The maximum Gasteiger partial charge on any atom is 0.0671 e. The molecule has 2 N–H and O–H groups in total. The predicted octanol–water partition coefficient (Wildman–Crippen LogP) is 2.80. The van der Waals surface area contributed by atoms with E-state index in [0.717, 1.165) is 45.4 Å². The molecule has 1 fully saturated rings. The lowest BCUT2D eigenvalue weighted by Gasteiger charge is -2.31. The number of aromatic nitrogens is 2. The van der Waals surface area contributed by atoms with Gasteiger partial charge in [-0.3, -0.25) is 9.58 Å². The Hall–Kier alpha value is -1.85. The topological polar surface area (TPSA) is 53.3 Å². The lowest BCUT2D eigenvalue weighted by Crippen LogP contribution is -2.34. The fourth-order valence-electron chi connectivity index (χ4n) is 3.62. The summed E-state index contributed by atoms with van der Waals surface area (Å²) in [5.41, 5.74) is 4.98. The summed E-state index contributed by atoms with van der Waals surface area (Å²) in [7, 11) is 1.98. The molecule has 1 aliphatic heterocycles. The molecule has 2 aromatic rings. The first-order valence-corrected chi connectivity index (χ1v) is 9.36. The van der Waals surface area contributed by atoms with Crippen molar-refractivity contribution in [1.29, 1.82) is 0 Å². The number of rotatable bonds is 7. The van der Waals surface area contributed by atoms with Crippen LogP contribution in [0.25, 0.3) is 0 Å². The molecular weight excluding hydrogens is 312 g/mol. The summed E-state index contributed by atoms with van der Waals surface area (Å²) in [5.74, 6) is 0.489. The Kier molecular flexibility index (Phi) is 6.10. The van der Waals surface area contributed by atoms with E-state index >= 15 is 0 Å². The zero-order valence-electron chi connectivity index (χ0n) is 15.4. The Balaban J connectivity index is 1.63. The maximum atomic E-state index is 9.30. The molecule has 136 valence electrons. The van der Waals surface area contributed by atoms with E-state index in [1.165, 1.54) is 22.5 Å². The maximum absolute atomic E-state index is 9.30. The quantitative estimate of drug-likeness (QED) is 0.812. The van der Waals surface area contributed by atoms with Gasteiger partial charge in [-0.1, -0.05) is 25.1 Å². The number of piperidine rings is 1. The monoisotopic (exact) mass is 342 g/mol. The Morgan fingerprint density at radius 3 is 2.68 bits per heavy atom. The number of aryl methyl sites for hydroxylation is 2. The lowest BCUT2D eigenvalue weighted by atomic mass is 9.97. The number of nitrogens with zero attached hydrogens (tertiary/aromatic N) is 3. The fraction of sp³-hybridized carbons (Fsp3) is 0.550. The molecule has 1 aliphatic rings. The Bertz CT molecular complexity index is 674. The average molecular weight is 342 g/mol. The third-order valence-electron chi connectivity index (χ3n) is 5.17. The molecule has 3 rings (SSSR count). The van der Waals surface area contributed by atoms with Gasteiger partial charge < -0.3 is 10.4 Å². The van der Waals surface area contributed by atoms with Crippen molar-refractivity contribution >= 4 is 5.69 Å². The first-order valence-electron chi connectivity index (χ1n) is 9.36. The average Bonchev–Trinajstić information content (AvgIpc) is 3.01. The minimum Gasteiger partial charge on any atom is -0.396 e. The summed E-state index contributed by atoms with van der Waals surface area (Å²) in [6, 6.07) is 8.58. The Morgan fingerprint density at radius 2 is 1.96 bits per heavy atom. The molecule has 0 saturated carbocycles. The van der Waals surface area contributed by atoms with Crippen LogP contribution in [-0.2, 0) is 26.6 Å². The highest BCUT2D eigenvalue weighted by Gasteiger charge is 2.19. The molecule has 5 heteroatoms. The third-order valence-corrected chi connectivity index (χ3v) is 5.17. The zero-order valence-corrected chi connectivity index (χ0v) is 15.4. The molecule has 0 spiro atoms. The second-order valence-corrected chi connectivity index (χ2v) is 7.04. The van der Waals surface area contributed by atoms with Crippen molar-refractivity contribution in [1.82, 2.24) is 14.7 Å². The lowest BCUT2D eigenvalue weighted by molar-refractivity contribution is 0.127. The van der Waals surface area contributed by atoms with Crippen LogP contribution in [0.4, 0.5) is 5.69 Å². The highest BCUT2D eigenvalue weighted by atomic mass is 16.3. The molecule has 0 aliphatic carbocycles. The van der Waals surface area contributed by atoms with Gasteiger partial charge in [-0.15, -0.1) is 0 Å². The summed E-state index contributed by atoms with van der Waals surface area (Å²) in [6.07, 6.45) is 5.26. The van der Waals surface area contributed by atoms with E-state index in [0.29, 0.717) is 12.5 Å². The van der Waals surface area contributed by atoms with Gasteiger partial charge in [0.1, 0.15) is 0 Å². The second kappa shape index (κ2) is 8.50. The van der Waals surface area contributed by atoms with Crippen LogP contribution in [0.3, 0.4) is 0 Å². The van der Waals surface area contributed by atoms with E-state index in [1.807, 2.05) is 11.7 Å². The van der Waals surface area contributed by atoms with Gasteiger partial charge in [-0.05, 0) is 49.9 Å². The van der Waals surface area contributed by atoms with E-state index in [1.54, 1.807) is 0 Å². The van der Waals surface area contributed by atoms with Crippen LogP contribution in [-0.4, -0.2) is 39.5 Å². The largest absolute Gasteiger partial charge is 0.396 e. The molecular formula is C20H30N4O. The SMILES string of the molecule is CCc1nn(C)cc1CNc1ccccc1CN1CCC(CO)CC1. The summed E-state index contributed by atoms with van der Waals surface area (Å²) in [6.45, 7) is 6.40. The Morgan fingerprint density at radius 1 is 1.20 bits per heavy atom. The number of likely N-dealkylation sites (tertiary alicyclic amines) is 1. The molecule has 0 bridgehead atoms. The van der Waals surface area contributed by atoms with Crippen LogP contribution in [0, 0.1) is 5.92 Å². The van der Waals surface area contributed by atoms with Gasteiger partial charge in [0.15, 0.2) is 0 Å². The number of nitrogens with one attached hydrogen (secondary N) is 1. The van der Waals surface area contributed by atoms with Gasteiger partial charge in [0.2, 0.25) is 0 Å². The number of para-hydroxylation sites is 1. The summed E-state index contributed by atoms with van der Waals surface area (Å²) in [4.78, 5) is 2.49. The number of hydrogen-bond acceptors (Lipinski definition) is 4. The smallest absolute Gasteiger partial charge is 0.0671 e. The second-order valence-electron chi connectivity index (χ2n) is 7.04. The summed E-state index contributed by atoms with van der Waals surface area (Å²) in [5, 5.41) is 17.4. The van der Waals surface area contributed by atoms with Gasteiger partial charge in [0.25, 0.3) is 0 Å².